The van der Waals surface area contributed by atoms with Crippen molar-refractivity contribution in [1.29, 1.82) is 0 Å². The predicted octanol–water partition coefficient (Wildman–Crippen LogP) is 2.01. The van der Waals surface area contributed by atoms with E-state index in [0.29, 0.717) is 17.3 Å². The van der Waals surface area contributed by atoms with Crippen LogP contribution in [0.3, 0.4) is 0 Å². The van der Waals surface area contributed by atoms with Crippen LogP contribution in [-0.2, 0) is 13.1 Å². The van der Waals surface area contributed by atoms with Crippen molar-refractivity contribution in [3.8, 4) is 0 Å². The monoisotopic (exact) mass is 466 g/mol. The van der Waals surface area contributed by atoms with Crippen molar-refractivity contribution < 1.29 is 9.18 Å². The molecule has 0 unspecified atom stereocenters. The smallest absolute Gasteiger partial charge is 0.293 e. The Morgan fingerprint density at radius 2 is 2.12 bits per heavy atom. The van der Waals surface area contributed by atoms with E-state index in [9.17, 15) is 9.18 Å². The zero-order chi connectivity index (χ0) is 22.5. The molecule has 0 saturated heterocycles. The molecule has 1 fully saturated rings. The van der Waals surface area contributed by atoms with E-state index in [2.05, 4.69) is 35.8 Å². The molecule has 1 aliphatic rings. The number of nitrogens with one attached hydrogen (secondary N) is 1. The molecule has 11 nitrogen and oxygen atoms in total. The lowest BCUT2D eigenvalue weighted by Gasteiger charge is -2.03. The Hall–Kier alpha value is -3.93. The molecule has 1 aliphatic carbocycles. The molecular weight excluding hydrogens is 451 g/mol. The number of amides is 1. The average molecular weight is 467 g/mol. The molecule has 1 amide bonds. The van der Waals surface area contributed by atoms with E-state index >= 15 is 0 Å². The van der Waals surface area contributed by atoms with Gasteiger partial charge >= 0.3 is 0 Å². The lowest BCUT2D eigenvalue weighted by molar-refractivity contribution is 0.0939. The van der Waals surface area contributed by atoms with Gasteiger partial charge in [-0.1, -0.05) is 11.6 Å². The number of hydrogen-bond acceptors (Lipinski definition) is 7. The number of carbonyl (C=O) groups is 1. The molecule has 5 heterocycles. The molecule has 6 rings (SSSR count). The highest BCUT2D eigenvalue weighted by Gasteiger charge is 2.25. The van der Waals surface area contributed by atoms with Crippen molar-refractivity contribution in [1.82, 2.24) is 49.5 Å². The van der Waals surface area contributed by atoms with E-state index < -0.39 is 11.7 Å². The number of tetrazole rings is 1. The molecule has 1 saturated carbocycles. The fourth-order valence-corrected chi connectivity index (χ4v) is 3.77. The molecule has 0 radical (unpaired) electrons. The molecule has 13 heteroatoms. The minimum Gasteiger partial charge on any atom is -0.343 e. The van der Waals surface area contributed by atoms with Crippen molar-refractivity contribution in [2.45, 2.75) is 31.8 Å². The number of hydrogen-bond donors (Lipinski definition) is 1. The molecular formula is C20H16ClFN10O. The van der Waals surface area contributed by atoms with E-state index in [1.807, 2.05) is 18.3 Å². The normalized spacial score (nSPS) is 13.8. The third-order valence-corrected chi connectivity index (χ3v) is 5.72. The largest absolute Gasteiger partial charge is 0.343 e. The molecule has 0 aliphatic heterocycles. The molecule has 5 aromatic rings. The topological polar surface area (TPSA) is 120 Å². The summed E-state index contributed by atoms with van der Waals surface area (Å²) in [6.45, 7) is 0.209. The van der Waals surface area contributed by atoms with Gasteiger partial charge in [-0.15, -0.1) is 10.2 Å². The van der Waals surface area contributed by atoms with Crippen LogP contribution < -0.4 is 5.32 Å². The second-order valence-corrected chi connectivity index (χ2v) is 8.23. The molecule has 0 aromatic carbocycles. The summed E-state index contributed by atoms with van der Waals surface area (Å²) >= 11 is 5.85. The number of aromatic nitrogens is 9. The van der Waals surface area contributed by atoms with E-state index in [1.165, 1.54) is 34.4 Å². The molecule has 33 heavy (non-hydrogen) atoms. The van der Waals surface area contributed by atoms with Crippen molar-refractivity contribution in [3.63, 3.8) is 0 Å². The van der Waals surface area contributed by atoms with E-state index in [1.54, 1.807) is 10.7 Å². The third-order valence-electron chi connectivity index (χ3n) is 5.43. The van der Waals surface area contributed by atoms with Gasteiger partial charge in [-0.05, 0) is 36.3 Å². The summed E-state index contributed by atoms with van der Waals surface area (Å²) in [7, 11) is 0. The maximum absolute atomic E-state index is 14.3. The highest BCUT2D eigenvalue weighted by molar-refractivity contribution is 6.31. The molecule has 166 valence electrons. The van der Waals surface area contributed by atoms with Crippen molar-refractivity contribution in [3.05, 3.63) is 70.7 Å². The minimum atomic E-state index is -0.601. The van der Waals surface area contributed by atoms with Crippen molar-refractivity contribution >= 4 is 28.7 Å². The predicted molar refractivity (Wildman–Crippen MR) is 113 cm³/mol. The first-order valence-electron chi connectivity index (χ1n) is 10.3. The lowest BCUT2D eigenvalue weighted by atomic mass is 10.3. The Labute approximate surface area is 190 Å². The molecule has 0 bridgehead atoms. The van der Waals surface area contributed by atoms with Gasteiger partial charge in [0, 0.05) is 12.1 Å². The van der Waals surface area contributed by atoms with E-state index in [0.717, 1.165) is 11.3 Å². The zero-order valence-corrected chi connectivity index (χ0v) is 17.8. The summed E-state index contributed by atoms with van der Waals surface area (Å²) in [5.41, 5.74) is 3.02. The average Bonchev–Trinajstić information content (AvgIpc) is 3.23. The third kappa shape index (κ3) is 3.67. The first-order chi connectivity index (χ1) is 16.0. The highest BCUT2D eigenvalue weighted by atomic mass is 35.5. The van der Waals surface area contributed by atoms with E-state index in [-0.39, 0.29) is 29.5 Å². The number of halogens is 2. The van der Waals surface area contributed by atoms with Crippen LogP contribution in [0.4, 0.5) is 4.39 Å². The number of imidazole rings is 2. The molecule has 1 N–H and O–H groups in total. The van der Waals surface area contributed by atoms with Crippen LogP contribution >= 0.6 is 11.6 Å². The number of fused-ring (bicyclic) bond motifs is 2. The second-order valence-electron chi connectivity index (χ2n) is 7.82. The van der Waals surface area contributed by atoms with Gasteiger partial charge < -0.3 is 9.72 Å². The summed E-state index contributed by atoms with van der Waals surface area (Å²) in [4.78, 5) is 22.4. The lowest BCUT2D eigenvalue weighted by Crippen LogP contribution is -2.24. The highest BCUT2D eigenvalue weighted by Crippen LogP contribution is 2.38. The van der Waals surface area contributed by atoms with Crippen LogP contribution in [0.1, 0.15) is 46.5 Å². The standard InChI is InChI=1S/C20H16ClFN10O/c21-13-5-6-30-10-24-15(18(30)17(13)22)7-23-20(33)19-26-29-32(28-19)9-12-8-31-16(25-12)4-3-14(27-31)11-1-2-11/h3-6,8,10-11H,1-2,7,9H2,(H,23,33). The summed E-state index contributed by atoms with van der Waals surface area (Å²) in [5.74, 6) is -0.728. The van der Waals surface area contributed by atoms with Crippen LogP contribution in [0.5, 0.6) is 0 Å². The molecule has 5 aromatic heterocycles. The fourth-order valence-electron chi connectivity index (χ4n) is 3.62. The SMILES string of the molecule is O=C(NCc1ncn2ccc(Cl)c(F)c12)c1nnn(Cc2cn3nc(C4CC4)ccc3n2)n1. The van der Waals surface area contributed by atoms with Gasteiger partial charge in [0.1, 0.15) is 12.1 Å². The van der Waals surface area contributed by atoms with Crippen LogP contribution in [0.25, 0.3) is 11.2 Å². The Kier molecular flexibility index (Phi) is 4.54. The Morgan fingerprint density at radius 3 is 2.97 bits per heavy atom. The van der Waals surface area contributed by atoms with Crippen molar-refractivity contribution in [2.75, 3.05) is 0 Å². The quantitative estimate of drug-likeness (QED) is 0.406. The Bertz CT molecular complexity index is 1520. The summed E-state index contributed by atoms with van der Waals surface area (Å²) in [5, 5.41) is 19.1. The maximum Gasteiger partial charge on any atom is 0.293 e. The van der Waals surface area contributed by atoms with Gasteiger partial charge in [0.25, 0.3) is 11.7 Å². The Balaban J connectivity index is 1.14. The van der Waals surface area contributed by atoms with Gasteiger partial charge in [-0.25, -0.2) is 18.9 Å². The first kappa shape index (κ1) is 19.7. The van der Waals surface area contributed by atoms with Crippen LogP contribution in [-0.4, -0.2) is 50.1 Å². The maximum atomic E-state index is 14.3. The summed E-state index contributed by atoms with van der Waals surface area (Å²) < 4.78 is 17.6. The number of rotatable bonds is 6. The van der Waals surface area contributed by atoms with Crippen LogP contribution in [0, 0.1) is 5.82 Å². The number of nitrogens with zero attached hydrogens (tertiary/aromatic N) is 9. The second kappa shape index (κ2) is 7.59. The van der Waals surface area contributed by atoms with Gasteiger partial charge in [-0.2, -0.15) is 9.90 Å². The van der Waals surface area contributed by atoms with Gasteiger partial charge in [0.2, 0.25) is 0 Å². The van der Waals surface area contributed by atoms with Gasteiger partial charge in [0.05, 0.1) is 41.2 Å². The van der Waals surface area contributed by atoms with Crippen molar-refractivity contribution in [2.24, 2.45) is 0 Å². The van der Waals surface area contributed by atoms with Gasteiger partial charge in [0.15, 0.2) is 11.5 Å². The van der Waals surface area contributed by atoms with E-state index in [4.69, 9.17) is 11.6 Å². The fraction of sp³-hybridized carbons (Fsp3) is 0.250. The first-order valence-corrected chi connectivity index (χ1v) is 10.6. The Morgan fingerprint density at radius 1 is 1.24 bits per heavy atom. The minimum absolute atomic E-state index is 0.0221. The summed E-state index contributed by atoms with van der Waals surface area (Å²) in [6, 6.07) is 5.37. The number of carbonyl (C=O) groups excluding carboxylic acids is 1. The zero-order valence-electron chi connectivity index (χ0n) is 17.1. The van der Waals surface area contributed by atoms with Crippen LogP contribution in [0.2, 0.25) is 5.02 Å². The molecule has 0 spiro atoms. The number of pyridine rings is 1. The summed E-state index contributed by atoms with van der Waals surface area (Å²) in [6.07, 6.45) is 7.20. The van der Waals surface area contributed by atoms with Gasteiger partial charge in [-0.3, -0.25) is 4.79 Å². The molecule has 0 atom stereocenters. The van der Waals surface area contributed by atoms with Crippen LogP contribution in [0.15, 0.2) is 36.9 Å².